The van der Waals surface area contributed by atoms with Crippen molar-refractivity contribution in [1.29, 1.82) is 0 Å². The highest BCUT2D eigenvalue weighted by molar-refractivity contribution is 9.09. The molecule has 2 nitrogen and oxygen atoms in total. The van der Waals surface area contributed by atoms with E-state index in [1.165, 1.54) is 0 Å². The fraction of sp³-hybridized carbons (Fsp3) is 0.364. The third-order valence-corrected chi connectivity index (χ3v) is 2.48. The van der Waals surface area contributed by atoms with Crippen LogP contribution in [0.2, 0.25) is 0 Å². The average Bonchev–Trinajstić information content (AvgIpc) is 2.24. The van der Waals surface area contributed by atoms with Gasteiger partial charge in [0.15, 0.2) is 0 Å². The molecule has 0 unspecified atom stereocenters. The summed E-state index contributed by atoms with van der Waals surface area (Å²) in [5.41, 5.74) is -0.456. The van der Waals surface area contributed by atoms with Crippen molar-refractivity contribution in [2.45, 2.75) is 6.18 Å². The number of nitrogens with zero attached hydrogens (tertiary/aromatic N) is 1. The summed E-state index contributed by atoms with van der Waals surface area (Å²) in [7, 11) is 0. The largest absolute Gasteiger partial charge is 0.406 e. The summed E-state index contributed by atoms with van der Waals surface area (Å²) in [6.07, 6.45) is -4.58. The number of alkyl halides is 4. The van der Waals surface area contributed by atoms with Gasteiger partial charge in [0.1, 0.15) is 18.2 Å². The van der Waals surface area contributed by atoms with E-state index >= 15 is 0 Å². The van der Waals surface area contributed by atoms with Crippen LogP contribution in [-0.4, -0.2) is 35.4 Å². The maximum atomic E-state index is 12.9. The highest BCUT2D eigenvalue weighted by Gasteiger charge is 2.33. The van der Waals surface area contributed by atoms with Crippen LogP contribution in [0.4, 0.5) is 22.0 Å². The minimum atomic E-state index is -4.58. The van der Waals surface area contributed by atoms with E-state index in [-0.39, 0.29) is 11.9 Å². The first-order valence-corrected chi connectivity index (χ1v) is 6.23. The van der Waals surface area contributed by atoms with Crippen LogP contribution < -0.4 is 0 Å². The van der Waals surface area contributed by atoms with Crippen LogP contribution in [0.3, 0.4) is 0 Å². The number of carbonyl (C=O) groups excluding carboxylic acids is 1. The summed E-state index contributed by atoms with van der Waals surface area (Å²) in [5, 5.41) is 0.118. The first-order chi connectivity index (χ1) is 8.73. The van der Waals surface area contributed by atoms with E-state index in [0.29, 0.717) is 23.1 Å². The van der Waals surface area contributed by atoms with Gasteiger partial charge in [0, 0.05) is 23.5 Å². The molecule has 0 aliphatic heterocycles. The van der Waals surface area contributed by atoms with Crippen molar-refractivity contribution in [3.05, 3.63) is 35.4 Å². The Hall–Kier alpha value is -1.18. The lowest BCUT2D eigenvalue weighted by atomic mass is 10.2. The van der Waals surface area contributed by atoms with Gasteiger partial charge in [-0.2, -0.15) is 13.2 Å². The van der Waals surface area contributed by atoms with Crippen LogP contribution in [0.25, 0.3) is 0 Å². The summed E-state index contributed by atoms with van der Waals surface area (Å²) >= 11 is 2.92. The van der Waals surface area contributed by atoms with Crippen molar-refractivity contribution in [3.8, 4) is 0 Å². The molecule has 0 atom stereocenters. The second-order valence-electron chi connectivity index (χ2n) is 3.69. The Bertz CT molecular complexity index is 443. The van der Waals surface area contributed by atoms with Crippen molar-refractivity contribution in [2.75, 3.05) is 18.4 Å². The molecule has 0 heterocycles. The molecule has 1 aromatic rings. The second-order valence-corrected chi connectivity index (χ2v) is 4.48. The predicted molar refractivity (Wildman–Crippen MR) is 62.1 cm³/mol. The molecule has 0 aliphatic rings. The SMILES string of the molecule is O=C(c1cc(F)cc(F)c1)N(CCBr)CC(F)(F)F. The van der Waals surface area contributed by atoms with Crippen molar-refractivity contribution < 1.29 is 26.7 Å². The normalized spacial score (nSPS) is 11.5. The van der Waals surface area contributed by atoms with E-state index in [1.807, 2.05) is 0 Å². The summed E-state index contributed by atoms with van der Waals surface area (Å²) in [4.78, 5) is 12.3. The van der Waals surface area contributed by atoms with Crippen molar-refractivity contribution in [3.63, 3.8) is 0 Å². The molecular formula is C11H9BrF5NO. The Labute approximate surface area is 114 Å². The molecule has 106 valence electrons. The van der Waals surface area contributed by atoms with Gasteiger partial charge in [-0.1, -0.05) is 15.9 Å². The lowest BCUT2D eigenvalue weighted by Crippen LogP contribution is -2.40. The fourth-order valence-corrected chi connectivity index (χ4v) is 1.86. The maximum Gasteiger partial charge on any atom is 0.406 e. The molecule has 1 amide bonds. The zero-order valence-corrected chi connectivity index (χ0v) is 11.1. The minimum Gasteiger partial charge on any atom is -0.329 e. The topological polar surface area (TPSA) is 20.3 Å². The summed E-state index contributed by atoms with van der Waals surface area (Å²) in [6, 6.07) is 1.93. The van der Waals surface area contributed by atoms with Crippen molar-refractivity contribution >= 4 is 21.8 Å². The van der Waals surface area contributed by atoms with Crippen LogP contribution in [0.1, 0.15) is 10.4 Å². The van der Waals surface area contributed by atoms with Crippen LogP contribution in [0.5, 0.6) is 0 Å². The minimum absolute atomic E-state index is 0.118. The zero-order chi connectivity index (χ0) is 14.6. The van der Waals surface area contributed by atoms with Gasteiger partial charge in [0.2, 0.25) is 0 Å². The lowest BCUT2D eigenvalue weighted by Gasteiger charge is -2.23. The van der Waals surface area contributed by atoms with Crippen LogP contribution in [-0.2, 0) is 0 Å². The molecule has 0 radical (unpaired) electrons. The monoisotopic (exact) mass is 345 g/mol. The number of carbonyl (C=O) groups is 1. The van der Waals surface area contributed by atoms with Gasteiger partial charge in [-0.05, 0) is 12.1 Å². The lowest BCUT2D eigenvalue weighted by molar-refractivity contribution is -0.140. The number of halogens is 6. The van der Waals surface area contributed by atoms with Gasteiger partial charge in [-0.15, -0.1) is 0 Å². The maximum absolute atomic E-state index is 12.9. The molecule has 0 aliphatic carbocycles. The number of rotatable bonds is 4. The second kappa shape index (κ2) is 6.31. The van der Waals surface area contributed by atoms with Crippen LogP contribution in [0, 0.1) is 11.6 Å². The predicted octanol–water partition coefficient (Wildman–Crippen LogP) is 3.36. The highest BCUT2D eigenvalue weighted by Crippen LogP contribution is 2.19. The highest BCUT2D eigenvalue weighted by atomic mass is 79.9. The van der Waals surface area contributed by atoms with E-state index in [4.69, 9.17) is 0 Å². The first-order valence-electron chi connectivity index (χ1n) is 5.11. The average molecular weight is 346 g/mol. The van der Waals surface area contributed by atoms with E-state index in [0.717, 1.165) is 0 Å². The smallest absolute Gasteiger partial charge is 0.329 e. The standard InChI is InChI=1S/C11H9BrF5NO/c12-1-2-18(6-11(15,16)17)10(19)7-3-8(13)5-9(14)4-7/h3-5H,1-2,6H2. The number of hydrogen-bond donors (Lipinski definition) is 0. The van der Waals surface area contributed by atoms with Gasteiger partial charge in [0.05, 0.1) is 0 Å². The van der Waals surface area contributed by atoms with Gasteiger partial charge in [-0.3, -0.25) is 4.79 Å². The van der Waals surface area contributed by atoms with Crippen LogP contribution >= 0.6 is 15.9 Å². The first kappa shape index (κ1) is 15.9. The van der Waals surface area contributed by atoms with Crippen LogP contribution in [0.15, 0.2) is 18.2 Å². The third-order valence-electron chi connectivity index (χ3n) is 2.12. The Morgan fingerprint density at radius 3 is 2.11 bits per heavy atom. The van der Waals surface area contributed by atoms with Gasteiger partial charge >= 0.3 is 6.18 Å². The molecule has 1 aromatic carbocycles. The zero-order valence-electron chi connectivity index (χ0n) is 9.48. The third kappa shape index (κ3) is 5.14. The van der Waals surface area contributed by atoms with Gasteiger partial charge in [0.25, 0.3) is 5.91 Å². The molecule has 0 spiro atoms. The Balaban J connectivity index is 2.98. The van der Waals surface area contributed by atoms with Gasteiger partial charge < -0.3 is 4.90 Å². The molecule has 0 N–H and O–H groups in total. The van der Waals surface area contributed by atoms with E-state index in [1.54, 1.807) is 0 Å². The Morgan fingerprint density at radius 2 is 1.68 bits per heavy atom. The van der Waals surface area contributed by atoms with Gasteiger partial charge in [-0.25, -0.2) is 8.78 Å². The van der Waals surface area contributed by atoms with E-state index in [2.05, 4.69) is 15.9 Å². The molecular weight excluding hydrogens is 337 g/mol. The molecule has 0 saturated carbocycles. The summed E-state index contributed by atoms with van der Waals surface area (Å²) in [6.45, 7) is -1.70. The summed E-state index contributed by atoms with van der Waals surface area (Å²) in [5.74, 6) is -3.11. The molecule has 0 aromatic heterocycles. The Morgan fingerprint density at radius 1 is 1.16 bits per heavy atom. The Kier molecular flexibility index (Phi) is 5.28. The molecule has 19 heavy (non-hydrogen) atoms. The number of amides is 1. The molecule has 0 saturated heterocycles. The van der Waals surface area contributed by atoms with E-state index in [9.17, 15) is 26.7 Å². The number of hydrogen-bond acceptors (Lipinski definition) is 1. The van der Waals surface area contributed by atoms with E-state index < -0.39 is 35.8 Å². The fourth-order valence-electron chi connectivity index (χ4n) is 1.43. The van der Waals surface area contributed by atoms with Crippen molar-refractivity contribution in [1.82, 2.24) is 4.90 Å². The molecule has 8 heteroatoms. The number of benzene rings is 1. The molecule has 0 bridgehead atoms. The molecule has 0 fully saturated rings. The molecule has 1 rings (SSSR count). The van der Waals surface area contributed by atoms with Crippen molar-refractivity contribution in [2.24, 2.45) is 0 Å². The summed E-state index contributed by atoms with van der Waals surface area (Å²) < 4.78 is 62.8. The quantitative estimate of drug-likeness (QED) is 0.605.